The summed E-state index contributed by atoms with van der Waals surface area (Å²) in [6, 6.07) is 0. The Kier molecular flexibility index (Phi) is 1.85. The molecule has 12 heavy (non-hydrogen) atoms. The summed E-state index contributed by atoms with van der Waals surface area (Å²) in [4.78, 5) is 11.0. The summed E-state index contributed by atoms with van der Waals surface area (Å²) in [5.74, 6) is 1.18. The molecule has 0 amide bonds. The zero-order valence-electron chi connectivity index (χ0n) is 7.49. The first-order chi connectivity index (χ1) is 5.74. The fourth-order valence-electron chi connectivity index (χ4n) is 3.38. The predicted molar refractivity (Wildman–Crippen MR) is 45.7 cm³/mol. The lowest BCUT2D eigenvalue weighted by Crippen LogP contribution is -2.28. The summed E-state index contributed by atoms with van der Waals surface area (Å²) < 4.78 is 0. The molecule has 0 radical (unpaired) electrons. The van der Waals surface area contributed by atoms with Gasteiger partial charge in [0.15, 0.2) is 0 Å². The van der Waals surface area contributed by atoms with Crippen LogP contribution in [0, 0.1) is 23.7 Å². The minimum absolute atomic E-state index is 0.00579. The van der Waals surface area contributed by atoms with Crippen LogP contribution in [0.25, 0.3) is 0 Å². The summed E-state index contributed by atoms with van der Waals surface area (Å²) >= 11 is 0. The van der Waals surface area contributed by atoms with E-state index in [1.807, 2.05) is 0 Å². The summed E-state index contributed by atoms with van der Waals surface area (Å²) in [5, 5.41) is 9.04. The van der Waals surface area contributed by atoms with Crippen molar-refractivity contribution >= 4 is 5.97 Å². The van der Waals surface area contributed by atoms with Crippen molar-refractivity contribution in [3.05, 3.63) is 0 Å². The number of carbonyl (C=O) groups is 1. The fourth-order valence-corrected chi connectivity index (χ4v) is 3.38. The summed E-state index contributed by atoms with van der Waals surface area (Å²) in [6.45, 7) is 2.13. The van der Waals surface area contributed by atoms with Crippen LogP contribution in [0.15, 0.2) is 0 Å². The highest BCUT2D eigenvalue weighted by atomic mass is 16.4. The average Bonchev–Trinajstić information content (AvgIpc) is 2.60. The topological polar surface area (TPSA) is 37.3 Å². The minimum atomic E-state index is -0.547. The van der Waals surface area contributed by atoms with Gasteiger partial charge < -0.3 is 5.11 Å². The lowest BCUT2D eigenvalue weighted by atomic mass is 9.78. The molecule has 2 aliphatic carbocycles. The fraction of sp³-hybridized carbons (Fsp3) is 0.900. The number of aliphatic carboxylic acids is 1. The Morgan fingerprint density at radius 2 is 2.08 bits per heavy atom. The van der Waals surface area contributed by atoms with E-state index in [1.165, 1.54) is 12.8 Å². The molecule has 0 saturated heterocycles. The van der Waals surface area contributed by atoms with Gasteiger partial charge in [-0.15, -0.1) is 0 Å². The maximum absolute atomic E-state index is 11.0. The molecule has 2 nitrogen and oxygen atoms in total. The lowest BCUT2D eigenvalue weighted by molar-refractivity contribution is -0.145. The molecule has 2 saturated carbocycles. The van der Waals surface area contributed by atoms with Crippen molar-refractivity contribution in [3.63, 3.8) is 0 Å². The van der Waals surface area contributed by atoms with Gasteiger partial charge in [0.2, 0.25) is 0 Å². The van der Waals surface area contributed by atoms with Gasteiger partial charge in [0, 0.05) is 0 Å². The third kappa shape index (κ3) is 0.970. The second-order valence-corrected chi connectivity index (χ2v) is 4.27. The van der Waals surface area contributed by atoms with E-state index < -0.39 is 5.97 Å². The van der Waals surface area contributed by atoms with E-state index in [-0.39, 0.29) is 5.92 Å². The van der Waals surface area contributed by atoms with Crippen molar-refractivity contribution in [3.8, 4) is 0 Å². The van der Waals surface area contributed by atoms with Crippen LogP contribution < -0.4 is 0 Å². The third-order valence-electron chi connectivity index (χ3n) is 3.84. The highest BCUT2D eigenvalue weighted by molar-refractivity contribution is 5.71. The number of carboxylic acids is 1. The monoisotopic (exact) mass is 168 g/mol. The number of carboxylic acid groups (broad SMARTS) is 1. The molecule has 2 rings (SSSR count). The van der Waals surface area contributed by atoms with Gasteiger partial charge >= 0.3 is 5.97 Å². The van der Waals surface area contributed by atoms with E-state index in [0.29, 0.717) is 11.8 Å². The minimum Gasteiger partial charge on any atom is -0.481 e. The molecule has 2 fully saturated rings. The average molecular weight is 168 g/mol. The van der Waals surface area contributed by atoms with Crippen LogP contribution >= 0.6 is 0 Å². The van der Waals surface area contributed by atoms with Crippen LogP contribution in [-0.2, 0) is 4.79 Å². The van der Waals surface area contributed by atoms with Crippen LogP contribution in [-0.4, -0.2) is 11.1 Å². The quantitative estimate of drug-likeness (QED) is 0.686. The maximum Gasteiger partial charge on any atom is 0.307 e. The molecule has 2 bridgehead atoms. The first-order valence-corrected chi connectivity index (χ1v) is 4.96. The van der Waals surface area contributed by atoms with Gasteiger partial charge in [0.05, 0.1) is 5.92 Å². The van der Waals surface area contributed by atoms with Gasteiger partial charge in [0.25, 0.3) is 0 Å². The van der Waals surface area contributed by atoms with Crippen LogP contribution in [0.1, 0.15) is 32.6 Å². The molecule has 0 aromatic carbocycles. The van der Waals surface area contributed by atoms with Crippen molar-refractivity contribution in [2.24, 2.45) is 23.7 Å². The SMILES string of the molecule is CCC1C2CCC(C2)C1C(=O)O. The van der Waals surface area contributed by atoms with Gasteiger partial charge in [-0.25, -0.2) is 0 Å². The van der Waals surface area contributed by atoms with E-state index in [2.05, 4.69) is 6.92 Å². The molecule has 1 N–H and O–H groups in total. The number of hydrogen-bond acceptors (Lipinski definition) is 1. The molecule has 0 heterocycles. The van der Waals surface area contributed by atoms with Crippen molar-refractivity contribution in [1.29, 1.82) is 0 Å². The molecular formula is C10H16O2. The molecular weight excluding hydrogens is 152 g/mol. The van der Waals surface area contributed by atoms with Gasteiger partial charge in [-0.2, -0.15) is 0 Å². The van der Waals surface area contributed by atoms with Crippen LogP contribution in [0.5, 0.6) is 0 Å². The molecule has 0 aromatic heterocycles. The Morgan fingerprint density at radius 1 is 1.42 bits per heavy atom. The Balaban J connectivity index is 2.16. The van der Waals surface area contributed by atoms with Gasteiger partial charge in [-0.05, 0) is 37.0 Å². The van der Waals surface area contributed by atoms with Crippen LogP contribution in [0.2, 0.25) is 0 Å². The molecule has 68 valence electrons. The highest BCUT2D eigenvalue weighted by Crippen LogP contribution is 2.53. The summed E-state index contributed by atoms with van der Waals surface area (Å²) in [5.41, 5.74) is 0. The van der Waals surface area contributed by atoms with E-state index >= 15 is 0 Å². The van der Waals surface area contributed by atoms with Crippen molar-refractivity contribution in [2.45, 2.75) is 32.6 Å². The predicted octanol–water partition coefficient (Wildman–Crippen LogP) is 2.14. The first kappa shape index (κ1) is 8.09. The zero-order valence-corrected chi connectivity index (χ0v) is 7.49. The van der Waals surface area contributed by atoms with E-state index in [1.54, 1.807) is 0 Å². The molecule has 2 heteroatoms. The van der Waals surface area contributed by atoms with E-state index in [4.69, 9.17) is 5.11 Å². The van der Waals surface area contributed by atoms with Crippen LogP contribution in [0.4, 0.5) is 0 Å². The molecule has 4 atom stereocenters. The second kappa shape index (κ2) is 2.75. The van der Waals surface area contributed by atoms with Gasteiger partial charge in [-0.3, -0.25) is 4.79 Å². The molecule has 0 aliphatic heterocycles. The van der Waals surface area contributed by atoms with E-state index in [0.717, 1.165) is 18.8 Å². The standard InChI is InChI=1S/C10H16O2/c1-2-8-6-3-4-7(5-6)9(8)10(11)12/h6-9H,2-5H2,1H3,(H,11,12). The third-order valence-corrected chi connectivity index (χ3v) is 3.84. The molecule has 0 aromatic rings. The number of rotatable bonds is 2. The summed E-state index contributed by atoms with van der Waals surface area (Å²) in [6.07, 6.45) is 4.69. The Hall–Kier alpha value is -0.530. The van der Waals surface area contributed by atoms with E-state index in [9.17, 15) is 4.79 Å². The lowest BCUT2D eigenvalue weighted by Gasteiger charge is -2.26. The molecule has 0 spiro atoms. The van der Waals surface area contributed by atoms with Crippen molar-refractivity contribution in [2.75, 3.05) is 0 Å². The summed E-state index contributed by atoms with van der Waals surface area (Å²) in [7, 11) is 0. The second-order valence-electron chi connectivity index (χ2n) is 4.27. The van der Waals surface area contributed by atoms with Crippen LogP contribution in [0.3, 0.4) is 0 Å². The van der Waals surface area contributed by atoms with Gasteiger partial charge in [0.1, 0.15) is 0 Å². The van der Waals surface area contributed by atoms with Gasteiger partial charge in [-0.1, -0.05) is 13.3 Å². The smallest absolute Gasteiger partial charge is 0.307 e. The number of fused-ring (bicyclic) bond motifs is 2. The highest BCUT2D eigenvalue weighted by Gasteiger charge is 2.49. The first-order valence-electron chi connectivity index (χ1n) is 4.96. The van der Waals surface area contributed by atoms with Crippen molar-refractivity contribution < 1.29 is 9.90 Å². The Labute approximate surface area is 73.0 Å². The Morgan fingerprint density at radius 3 is 2.58 bits per heavy atom. The normalized spacial score (nSPS) is 45.1. The molecule has 4 unspecified atom stereocenters. The zero-order chi connectivity index (χ0) is 8.72. The van der Waals surface area contributed by atoms with Crippen molar-refractivity contribution in [1.82, 2.24) is 0 Å². The number of hydrogen-bond donors (Lipinski definition) is 1. The largest absolute Gasteiger partial charge is 0.481 e. The Bertz CT molecular complexity index is 200. The molecule has 2 aliphatic rings. The maximum atomic E-state index is 11.0.